The van der Waals surface area contributed by atoms with Crippen molar-refractivity contribution >= 4 is 40.7 Å². The quantitative estimate of drug-likeness (QED) is 0.539. The van der Waals surface area contributed by atoms with Crippen LogP contribution in [0.1, 0.15) is 58.3 Å². The lowest BCUT2D eigenvalue weighted by atomic mass is 9.86. The highest BCUT2D eigenvalue weighted by atomic mass is 35.6. The number of carbonyl (C=O) groups excluding carboxylic acids is 1. The number of nitrogens with one attached hydrogen (secondary N) is 2. The number of hydrogen-bond donors (Lipinski definition) is 2. The highest BCUT2D eigenvalue weighted by molar-refractivity contribution is 6.68. The van der Waals surface area contributed by atoms with Crippen LogP contribution < -0.4 is 10.6 Å². The van der Waals surface area contributed by atoms with Gasteiger partial charge in [0.25, 0.3) is 0 Å². The average Bonchev–Trinajstić information content (AvgIpc) is 2.55. The molecule has 0 spiro atoms. The molecule has 0 saturated heterocycles. The highest BCUT2D eigenvalue weighted by Gasteiger charge is 2.37. The molecule has 0 aromatic rings. The number of rotatable bonds is 5. The van der Waals surface area contributed by atoms with E-state index in [9.17, 15) is 4.79 Å². The molecule has 1 unspecified atom stereocenters. The molecular formula is C17H29Cl3N2O2. The zero-order chi connectivity index (χ0) is 17.7. The third kappa shape index (κ3) is 6.21. The van der Waals surface area contributed by atoms with Crippen LogP contribution in [0.15, 0.2) is 0 Å². The zero-order valence-corrected chi connectivity index (χ0v) is 16.8. The number of carbonyl (C=O) groups is 1. The maximum atomic E-state index is 12.6. The van der Waals surface area contributed by atoms with Crippen molar-refractivity contribution < 1.29 is 9.53 Å². The summed E-state index contributed by atoms with van der Waals surface area (Å²) in [6.45, 7) is 2.26. The van der Waals surface area contributed by atoms with E-state index in [1.165, 1.54) is 12.8 Å². The lowest BCUT2D eigenvalue weighted by Gasteiger charge is -2.35. The van der Waals surface area contributed by atoms with Crippen LogP contribution in [0.5, 0.6) is 0 Å². The summed E-state index contributed by atoms with van der Waals surface area (Å²) in [5, 5.41) is 6.29. The second-order valence-corrected chi connectivity index (χ2v) is 9.68. The molecule has 0 heterocycles. The Balaban J connectivity index is 1.88. The van der Waals surface area contributed by atoms with Crippen LogP contribution >= 0.6 is 34.8 Å². The van der Waals surface area contributed by atoms with Gasteiger partial charge in [-0.25, -0.2) is 0 Å². The maximum absolute atomic E-state index is 12.6. The summed E-state index contributed by atoms with van der Waals surface area (Å²) in [4.78, 5) is 12.6. The summed E-state index contributed by atoms with van der Waals surface area (Å²) in [6.07, 6.45) is 7.48. The van der Waals surface area contributed by atoms with E-state index in [0.717, 1.165) is 44.4 Å². The van der Waals surface area contributed by atoms with Crippen molar-refractivity contribution in [3.63, 3.8) is 0 Å². The van der Waals surface area contributed by atoms with Gasteiger partial charge in [-0.1, -0.05) is 41.7 Å². The SMILES string of the molecule is COC1CCC(C(=O)NC(NC2CCC(C)CC2)C(Cl)(Cl)Cl)CC1. The van der Waals surface area contributed by atoms with Crippen LogP contribution in [0.4, 0.5) is 0 Å². The standard InChI is InChI=1S/C17H29Cl3N2O2/c1-11-3-7-13(8-4-11)21-16(17(18,19)20)22-15(23)12-5-9-14(24-2)10-6-12/h11-14,16,21H,3-10H2,1-2H3,(H,22,23). The van der Waals surface area contributed by atoms with Gasteiger partial charge >= 0.3 is 0 Å². The van der Waals surface area contributed by atoms with Gasteiger partial charge in [0.05, 0.1) is 6.10 Å². The molecule has 7 heteroatoms. The second kappa shape index (κ2) is 9.27. The number of alkyl halides is 3. The molecule has 2 N–H and O–H groups in total. The van der Waals surface area contributed by atoms with Crippen molar-refractivity contribution in [1.29, 1.82) is 0 Å². The largest absolute Gasteiger partial charge is 0.381 e. The molecule has 140 valence electrons. The molecule has 2 rings (SSSR count). The molecular weight excluding hydrogens is 371 g/mol. The van der Waals surface area contributed by atoms with Gasteiger partial charge in [0.2, 0.25) is 9.70 Å². The van der Waals surface area contributed by atoms with Crippen LogP contribution in [0.2, 0.25) is 0 Å². The van der Waals surface area contributed by atoms with E-state index in [1.807, 2.05) is 0 Å². The Labute approximate surface area is 160 Å². The molecule has 2 aliphatic carbocycles. The third-order valence-corrected chi connectivity index (χ3v) is 6.07. The van der Waals surface area contributed by atoms with Gasteiger partial charge in [-0.15, -0.1) is 0 Å². The molecule has 0 aromatic heterocycles. The van der Waals surface area contributed by atoms with Crippen LogP contribution in [0.3, 0.4) is 0 Å². The molecule has 1 atom stereocenters. The molecule has 2 fully saturated rings. The van der Waals surface area contributed by atoms with Crippen LogP contribution in [-0.4, -0.2) is 35.1 Å². The van der Waals surface area contributed by atoms with E-state index in [4.69, 9.17) is 39.5 Å². The van der Waals surface area contributed by atoms with Crippen LogP contribution in [0, 0.1) is 11.8 Å². The molecule has 24 heavy (non-hydrogen) atoms. The first-order chi connectivity index (χ1) is 11.3. The van der Waals surface area contributed by atoms with E-state index in [1.54, 1.807) is 7.11 Å². The normalized spacial score (nSPS) is 33.0. The monoisotopic (exact) mass is 398 g/mol. The minimum atomic E-state index is -1.57. The summed E-state index contributed by atoms with van der Waals surface area (Å²) in [6, 6.07) is 0.284. The summed E-state index contributed by atoms with van der Waals surface area (Å²) >= 11 is 18.3. The topological polar surface area (TPSA) is 50.4 Å². The summed E-state index contributed by atoms with van der Waals surface area (Å²) < 4.78 is 3.79. The van der Waals surface area contributed by atoms with E-state index >= 15 is 0 Å². The molecule has 2 aliphatic rings. The lowest BCUT2D eigenvalue weighted by molar-refractivity contribution is -0.127. The first-order valence-electron chi connectivity index (χ1n) is 8.95. The van der Waals surface area contributed by atoms with Gasteiger partial charge in [0, 0.05) is 19.1 Å². The van der Waals surface area contributed by atoms with Crippen LogP contribution in [0.25, 0.3) is 0 Å². The minimum absolute atomic E-state index is 0.0283. The number of ether oxygens (including phenoxy) is 1. The predicted octanol–water partition coefficient (Wildman–Crippen LogP) is 4.17. The molecule has 1 amide bonds. The van der Waals surface area contributed by atoms with Gasteiger partial charge in [-0.05, 0) is 57.3 Å². The smallest absolute Gasteiger partial charge is 0.224 e. The first-order valence-corrected chi connectivity index (χ1v) is 10.1. The summed E-state index contributed by atoms with van der Waals surface area (Å²) in [5.74, 6) is 0.691. The Hall–Kier alpha value is 0.260. The van der Waals surface area contributed by atoms with Gasteiger partial charge in [-0.3, -0.25) is 10.1 Å². The minimum Gasteiger partial charge on any atom is -0.381 e. The van der Waals surface area contributed by atoms with Crippen LogP contribution in [-0.2, 0) is 9.53 Å². The Kier molecular flexibility index (Phi) is 7.95. The first kappa shape index (κ1) is 20.6. The van der Waals surface area contributed by atoms with Gasteiger partial charge in [-0.2, -0.15) is 0 Å². The number of amides is 1. The fourth-order valence-electron chi connectivity index (χ4n) is 3.70. The Morgan fingerprint density at radius 1 is 1.04 bits per heavy atom. The van der Waals surface area contributed by atoms with E-state index in [0.29, 0.717) is 0 Å². The molecule has 2 saturated carbocycles. The van der Waals surface area contributed by atoms with Gasteiger partial charge in [0.1, 0.15) is 6.17 Å². The Bertz CT molecular complexity index is 401. The van der Waals surface area contributed by atoms with Crippen molar-refractivity contribution in [2.45, 2.75) is 80.4 Å². The van der Waals surface area contributed by atoms with Crippen molar-refractivity contribution in [2.75, 3.05) is 7.11 Å². The average molecular weight is 400 g/mol. The second-order valence-electron chi connectivity index (χ2n) is 7.32. The van der Waals surface area contributed by atoms with E-state index in [-0.39, 0.29) is 24.0 Å². The van der Waals surface area contributed by atoms with Crippen molar-refractivity contribution in [3.05, 3.63) is 0 Å². The molecule has 0 radical (unpaired) electrons. The summed E-state index contributed by atoms with van der Waals surface area (Å²) in [5.41, 5.74) is 0. The lowest BCUT2D eigenvalue weighted by Crippen LogP contribution is -2.58. The third-order valence-electron chi connectivity index (χ3n) is 5.41. The molecule has 0 aliphatic heterocycles. The van der Waals surface area contributed by atoms with Crippen molar-refractivity contribution in [1.82, 2.24) is 10.6 Å². The van der Waals surface area contributed by atoms with E-state index in [2.05, 4.69) is 17.6 Å². The number of halogens is 3. The van der Waals surface area contributed by atoms with Gasteiger partial charge < -0.3 is 10.1 Å². The van der Waals surface area contributed by atoms with E-state index < -0.39 is 9.96 Å². The molecule has 0 aromatic carbocycles. The van der Waals surface area contributed by atoms with Crippen molar-refractivity contribution in [2.24, 2.45) is 11.8 Å². The Morgan fingerprint density at radius 3 is 2.12 bits per heavy atom. The number of hydrogen-bond acceptors (Lipinski definition) is 3. The zero-order valence-electron chi connectivity index (χ0n) is 14.5. The predicted molar refractivity (Wildman–Crippen MR) is 99.5 cm³/mol. The maximum Gasteiger partial charge on any atom is 0.224 e. The number of methoxy groups -OCH3 is 1. The fraction of sp³-hybridized carbons (Fsp3) is 0.941. The molecule has 4 nitrogen and oxygen atoms in total. The highest BCUT2D eigenvalue weighted by Crippen LogP contribution is 2.32. The molecule has 0 bridgehead atoms. The van der Waals surface area contributed by atoms with Crippen molar-refractivity contribution in [3.8, 4) is 0 Å². The summed E-state index contributed by atoms with van der Waals surface area (Å²) in [7, 11) is 1.72. The Morgan fingerprint density at radius 2 is 1.62 bits per heavy atom. The fourth-order valence-corrected chi connectivity index (χ4v) is 4.05. The van der Waals surface area contributed by atoms with Gasteiger partial charge in [0.15, 0.2) is 0 Å².